The number of hydrogen-bond acceptors (Lipinski definition) is 6. The average molecular weight is 556 g/mol. The summed E-state index contributed by atoms with van der Waals surface area (Å²) in [5, 5.41) is 14.7. The van der Waals surface area contributed by atoms with Crippen LogP contribution in [0.25, 0.3) is 0 Å². The van der Waals surface area contributed by atoms with Crippen LogP contribution >= 0.6 is 11.6 Å². The number of halogens is 4. The Morgan fingerprint density at radius 3 is 2.34 bits per heavy atom. The van der Waals surface area contributed by atoms with Crippen molar-refractivity contribution in [2.75, 3.05) is 56.0 Å². The number of nitro benzene ring substituents is 1. The van der Waals surface area contributed by atoms with E-state index in [0.717, 1.165) is 30.9 Å². The molecule has 0 aromatic heterocycles. The maximum absolute atomic E-state index is 13.2. The van der Waals surface area contributed by atoms with Crippen LogP contribution in [-0.4, -0.2) is 72.5 Å². The lowest BCUT2D eigenvalue weighted by molar-refractivity contribution is -0.388. The summed E-state index contributed by atoms with van der Waals surface area (Å²) < 4.78 is 39.7. The highest BCUT2D eigenvalue weighted by atomic mass is 35.5. The molecule has 1 N–H and O–H groups in total. The summed E-state index contributed by atoms with van der Waals surface area (Å²) in [6, 6.07) is 10.6. The van der Waals surface area contributed by atoms with E-state index in [1.165, 1.54) is 6.07 Å². The van der Waals surface area contributed by atoms with Gasteiger partial charge in [-0.3, -0.25) is 14.9 Å². The number of rotatable bonds is 7. The molecule has 4 rings (SSSR count). The number of nitrogens with one attached hydrogen (secondary N) is 1. The molecular weight excluding hydrogens is 523 g/mol. The number of piperidine rings is 1. The Morgan fingerprint density at radius 1 is 1.05 bits per heavy atom. The third-order valence-electron chi connectivity index (χ3n) is 6.90. The van der Waals surface area contributed by atoms with Gasteiger partial charge < -0.3 is 20.0 Å². The summed E-state index contributed by atoms with van der Waals surface area (Å²) >= 11 is 6.08. The first-order chi connectivity index (χ1) is 17.6. The van der Waals surface area contributed by atoms with E-state index < -0.39 is 22.4 Å². The number of alkyl halides is 3. The number of carbonyl (C=O) groups excluding carboxylic acids is 1. The highest BCUT2D eigenvalue weighted by Crippen LogP contribution is 2.38. The second kappa shape index (κ2) is 12.7. The summed E-state index contributed by atoms with van der Waals surface area (Å²) in [4.78, 5) is 29.0. The molecule has 2 fully saturated rings. The predicted octanol–water partition coefficient (Wildman–Crippen LogP) is 5.52. The quantitative estimate of drug-likeness (QED) is 0.358. The van der Waals surface area contributed by atoms with Gasteiger partial charge in [-0.25, -0.2) is 0 Å². The van der Waals surface area contributed by atoms with E-state index in [1.54, 1.807) is 0 Å². The van der Waals surface area contributed by atoms with Gasteiger partial charge in [-0.05, 0) is 43.2 Å². The number of nitro groups is 1. The third-order valence-corrected chi connectivity index (χ3v) is 7.14. The molecule has 1 amide bonds. The number of anilines is 2. The number of amides is 1. The van der Waals surface area contributed by atoms with Crippen LogP contribution in [0.15, 0.2) is 42.5 Å². The molecule has 0 bridgehead atoms. The molecule has 0 saturated carbocycles. The topological polar surface area (TPSA) is 82.0 Å². The van der Waals surface area contributed by atoms with Crippen molar-refractivity contribution in [3.63, 3.8) is 0 Å². The Kier molecular flexibility index (Phi) is 9.83. The van der Waals surface area contributed by atoms with Gasteiger partial charge in [0.2, 0.25) is 5.91 Å². The number of piperazine rings is 1. The molecule has 0 atom stereocenters. The van der Waals surface area contributed by atoms with Crippen LogP contribution in [0.3, 0.4) is 0 Å². The van der Waals surface area contributed by atoms with Crippen molar-refractivity contribution < 1.29 is 22.9 Å². The number of carbonyl (C=O) groups is 1. The van der Waals surface area contributed by atoms with Gasteiger partial charge in [-0.15, -0.1) is 0 Å². The van der Waals surface area contributed by atoms with Gasteiger partial charge in [0, 0.05) is 80.7 Å². The molecule has 12 heteroatoms. The first-order valence-electron chi connectivity index (χ1n) is 12.2. The van der Waals surface area contributed by atoms with Crippen LogP contribution in [0.4, 0.5) is 30.2 Å². The van der Waals surface area contributed by atoms with Crippen LogP contribution in [0.5, 0.6) is 0 Å². The van der Waals surface area contributed by atoms with Gasteiger partial charge in [0.1, 0.15) is 5.56 Å². The van der Waals surface area contributed by atoms with Crippen molar-refractivity contribution in [3.8, 4) is 0 Å². The maximum atomic E-state index is 13.2. The summed E-state index contributed by atoms with van der Waals surface area (Å²) in [5.41, 5.74) is -0.946. The third kappa shape index (κ3) is 7.50. The molecule has 38 heavy (non-hydrogen) atoms. The Labute approximate surface area is 225 Å². The largest absolute Gasteiger partial charge is 0.423 e. The lowest BCUT2D eigenvalue weighted by Gasteiger charge is -2.37. The fraction of sp³-hybridized carbons (Fsp3) is 0.500. The van der Waals surface area contributed by atoms with Crippen LogP contribution in [0, 0.1) is 10.1 Å². The van der Waals surface area contributed by atoms with E-state index in [2.05, 4.69) is 15.1 Å². The van der Waals surface area contributed by atoms with Crippen LogP contribution in [-0.2, 0) is 11.0 Å². The number of likely N-dealkylation sites (tertiary alicyclic amines) is 1. The van der Waals surface area contributed by atoms with E-state index in [1.807, 2.05) is 29.2 Å². The van der Waals surface area contributed by atoms with Crippen LogP contribution in [0.1, 0.15) is 32.3 Å². The number of hydrogen-bond donors (Lipinski definition) is 1. The van der Waals surface area contributed by atoms with Crippen molar-refractivity contribution >= 4 is 34.6 Å². The molecule has 0 aliphatic carbocycles. The van der Waals surface area contributed by atoms with Gasteiger partial charge in [-0.2, -0.15) is 13.2 Å². The van der Waals surface area contributed by atoms with Gasteiger partial charge in [0.05, 0.1) is 4.92 Å². The molecule has 2 saturated heterocycles. The number of nitrogens with zero attached hydrogens (tertiary/aromatic N) is 4. The fourth-order valence-corrected chi connectivity index (χ4v) is 5.03. The van der Waals surface area contributed by atoms with Crippen molar-refractivity contribution in [1.29, 1.82) is 0 Å². The summed E-state index contributed by atoms with van der Waals surface area (Å²) in [7, 11) is 0. The second-order valence-electron chi connectivity index (χ2n) is 9.34. The monoisotopic (exact) mass is 555 g/mol. The Morgan fingerprint density at radius 2 is 1.74 bits per heavy atom. The highest BCUT2D eigenvalue weighted by molar-refractivity contribution is 6.30. The van der Waals surface area contributed by atoms with Crippen LogP contribution in [0.2, 0.25) is 5.02 Å². The minimum Gasteiger partial charge on any atom is -0.382 e. The normalized spacial score (nSPS) is 17.2. The molecule has 2 aromatic carbocycles. The molecule has 2 heterocycles. The molecule has 0 unspecified atom stereocenters. The Balaban J connectivity index is 0.00000400. The highest BCUT2D eigenvalue weighted by Gasteiger charge is 2.38. The SMILES string of the molecule is C.O=C(CCN1CCC(Nc2ccc([N+](=O)[O-])c(C(F)(F)F)c2)CC1)N1CCN(c2cccc(Cl)c2)CC1. The van der Waals surface area contributed by atoms with E-state index in [9.17, 15) is 28.1 Å². The molecule has 0 spiro atoms. The molecule has 0 radical (unpaired) electrons. The van der Waals surface area contributed by atoms with Crippen molar-refractivity contribution in [1.82, 2.24) is 9.80 Å². The Bertz CT molecular complexity index is 1120. The summed E-state index contributed by atoms with van der Waals surface area (Å²) in [6.45, 7) is 4.89. The van der Waals surface area contributed by atoms with Crippen molar-refractivity contribution in [3.05, 3.63) is 63.2 Å². The smallest absolute Gasteiger partial charge is 0.382 e. The predicted molar refractivity (Wildman–Crippen MR) is 143 cm³/mol. The zero-order valence-electron chi connectivity index (χ0n) is 20.2. The van der Waals surface area contributed by atoms with E-state index in [0.29, 0.717) is 57.0 Å². The zero-order valence-corrected chi connectivity index (χ0v) is 21.0. The minimum absolute atomic E-state index is 0. The fourth-order valence-electron chi connectivity index (χ4n) is 4.85. The van der Waals surface area contributed by atoms with E-state index in [4.69, 9.17) is 11.6 Å². The van der Waals surface area contributed by atoms with Gasteiger partial charge >= 0.3 is 6.18 Å². The lowest BCUT2D eigenvalue weighted by Crippen LogP contribution is -2.49. The Hall–Kier alpha value is -3.05. The van der Waals surface area contributed by atoms with Gasteiger partial charge in [0.15, 0.2) is 0 Å². The van der Waals surface area contributed by atoms with Crippen molar-refractivity contribution in [2.45, 2.75) is 38.9 Å². The van der Waals surface area contributed by atoms with Gasteiger partial charge in [-0.1, -0.05) is 25.1 Å². The standard InChI is InChI=1S/C25H29ClF3N5O3.CH4/c26-18-2-1-3-21(16-18)32-12-14-33(15-13-32)24(35)8-11-31-9-6-19(7-10-31)30-20-4-5-23(34(36)37)22(17-20)25(27,28)29;/h1-5,16-17,19,30H,6-15H2;1H4. The lowest BCUT2D eigenvalue weighted by atomic mass is 10.0. The molecule has 2 aliphatic heterocycles. The number of benzene rings is 2. The zero-order chi connectivity index (χ0) is 26.6. The molecule has 208 valence electrons. The maximum Gasteiger partial charge on any atom is 0.423 e. The summed E-state index contributed by atoms with van der Waals surface area (Å²) in [5.74, 6) is 0.122. The minimum atomic E-state index is -4.81. The summed E-state index contributed by atoms with van der Waals surface area (Å²) in [6.07, 6.45) is -2.99. The first kappa shape index (κ1) is 29.5. The second-order valence-corrected chi connectivity index (χ2v) is 9.78. The van der Waals surface area contributed by atoms with E-state index >= 15 is 0 Å². The molecular formula is C26H33ClF3N5O3. The molecule has 8 nitrogen and oxygen atoms in total. The average Bonchev–Trinajstić information content (AvgIpc) is 2.87. The van der Waals surface area contributed by atoms with Crippen molar-refractivity contribution in [2.24, 2.45) is 0 Å². The molecule has 2 aromatic rings. The van der Waals surface area contributed by atoms with Gasteiger partial charge in [0.25, 0.3) is 5.69 Å². The first-order valence-corrected chi connectivity index (χ1v) is 12.6. The molecule has 2 aliphatic rings. The van der Waals surface area contributed by atoms with Crippen LogP contribution < -0.4 is 10.2 Å². The van der Waals surface area contributed by atoms with E-state index in [-0.39, 0.29) is 25.1 Å².